The van der Waals surface area contributed by atoms with Crippen LogP contribution in [0.15, 0.2) is 45.1 Å². The Morgan fingerprint density at radius 2 is 1.22 bits per heavy atom. The molecule has 0 unspecified atom stereocenters. The molecule has 0 atom stereocenters. The lowest BCUT2D eigenvalue weighted by atomic mass is 10.3. The van der Waals surface area contributed by atoms with Gasteiger partial charge in [-0.1, -0.05) is 57.5 Å². The van der Waals surface area contributed by atoms with Crippen LogP contribution in [0.1, 0.15) is 0 Å². The van der Waals surface area contributed by atoms with E-state index in [0.29, 0.717) is 18.9 Å². The van der Waals surface area contributed by atoms with E-state index in [4.69, 9.17) is 9.47 Å². The zero-order valence-electron chi connectivity index (χ0n) is 19.3. The van der Waals surface area contributed by atoms with Crippen LogP contribution in [0.4, 0.5) is 10.3 Å². The molecule has 37 heavy (non-hydrogen) atoms. The summed E-state index contributed by atoms with van der Waals surface area (Å²) in [5, 5.41) is 14.9. The molecule has 3 aromatic heterocycles. The van der Waals surface area contributed by atoms with E-state index in [-0.39, 0.29) is 23.3 Å². The number of ether oxygens (including phenoxy) is 2. The summed E-state index contributed by atoms with van der Waals surface area (Å²) in [6.07, 6.45) is 0. The highest BCUT2D eigenvalue weighted by atomic mass is 32.2. The van der Waals surface area contributed by atoms with Crippen molar-refractivity contribution in [2.24, 2.45) is 0 Å². The molecule has 2 amide bonds. The van der Waals surface area contributed by atoms with E-state index < -0.39 is 0 Å². The van der Waals surface area contributed by atoms with Crippen molar-refractivity contribution in [3.05, 3.63) is 36.4 Å². The summed E-state index contributed by atoms with van der Waals surface area (Å²) in [5.74, 6) is 1.44. The van der Waals surface area contributed by atoms with Crippen molar-refractivity contribution in [3.63, 3.8) is 0 Å². The van der Waals surface area contributed by atoms with Gasteiger partial charge in [0.15, 0.2) is 18.9 Å². The fourth-order valence-electron chi connectivity index (χ4n) is 3.05. The minimum atomic E-state index is -0.187. The summed E-state index contributed by atoms with van der Waals surface area (Å²) in [7, 11) is 3.22. The Balaban J connectivity index is 1.08. The Labute approximate surface area is 231 Å². The normalized spacial score (nSPS) is 11.1. The number of fused-ring (bicyclic) bond motifs is 2. The Bertz CT molecular complexity index is 1470. The molecule has 2 aromatic carbocycles. The second kappa shape index (κ2) is 11.6. The number of hydrogen-bond donors (Lipinski definition) is 2. The van der Waals surface area contributed by atoms with Crippen LogP contribution in [-0.4, -0.2) is 57.7 Å². The van der Waals surface area contributed by atoms with Gasteiger partial charge in [-0.3, -0.25) is 9.59 Å². The van der Waals surface area contributed by atoms with Crippen LogP contribution in [0.3, 0.4) is 0 Å². The summed E-state index contributed by atoms with van der Waals surface area (Å²) < 4.78 is 13.6. The van der Waals surface area contributed by atoms with Gasteiger partial charge in [-0.15, -0.1) is 10.2 Å². The second-order valence-corrected chi connectivity index (χ2v) is 12.7. The number of anilines is 2. The van der Waals surface area contributed by atoms with Crippen LogP contribution in [0, 0.1) is 0 Å². The number of thiazole rings is 2. The molecule has 5 aromatic rings. The van der Waals surface area contributed by atoms with Crippen molar-refractivity contribution < 1.29 is 19.1 Å². The highest BCUT2D eigenvalue weighted by Crippen LogP contribution is 2.32. The standard InChI is InChI=1S/C22H18N6O4S5/c1-31-11-3-5-13-15(7-11)35-19(23-13)25-17(29)9-33-21-27-28-22(37-21)34-10-18(30)26-20-24-14-6-4-12(32-2)8-16(14)36-20/h3-8H,9-10H2,1-2H3,(H,23,25,29)(H,24,26,30). The third kappa shape index (κ3) is 6.48. The quantitative estimate of drug-likeness (QED) is 0.209. The van der Waals surface area contributed by atoms with Crippen LogP contribution in [0.5, 0.6) is 11.5 Å². The molecule has 2 N–H and O–H groups in total. The van der Waals surface area contributed by atoms with E-state index >= 15 is 0 Å². The highest BCUT2D eigenvalue weighted by molar-refractivity contribution is 8.03. The number of thioether (sulfide) groups is 2. The minimum absolute atomic E-state index is 0.168. The van der Waals surface area contributed by atoms with Crippen molar-refractivity contribution in [1.82, 2.24) is 20.2 Å². The van der Waals surface area contributed by atoms with Gasteiger partial charge >= 0.3 is 0 Å². The predicted molar refractivity (Wildman–Crippen MR) is 151 cm³/mol. The van der Waals surface area contributed by atoms with E-state index in [9.17, 15) is 9.59 Å². The molecule has 15 heteroatoms. The molecule has 0 saturated heterocycles. The van der Waals surface area contributed by atoms with Crippen molar-refractivity contribution >= 4 is 100 Å². The maximum Gasteiger partial charge on any atom is 0.236 e. The first-order valence-electron chi connectivity index (χ1n) is 10.6. The number of carbonyl (C=O) groups excluding carboxylic acids is 2. The molecule has 0 aliphatic carbocycles. The first kappa shape index (κ1) is 25.7. The molecule has 0 aliphatic heterocycles. The molecular formula is C22H18N6O4S5. The van der Waals surface area contributed by atoms with E-state index in [1.807, 2.05) is 36.4 Å². The number of benzene rings is 2. The summed E-state index contributed by atoms with van der Waals surface area (Å²) in [6.45, 7) is 0. The van der Waals surface area contributed by atoms with Gasteiger partial charge in [-0.2, -0.15) is 0 Å². The van der Waals surface area contributed by atoms with Gasteiger partial charge in [0.1, 0.15) is 11.5 Å². The summed E-state index contributed by atoms with van der Waals surface area (Å²) >= 11 is 6.67. The molecule has 0 bridgehead atoms. The van der Waals surface area contributed by atoms with Gasteiger partial charge in [-0.05, 0) is 36.4 Å². The number of rotatable bonds is 10. The third-order valence-electron chi connectivity index (χ3n) is 4.73. The smallest absolute Gasteiger partial charge is 0.236 e. The van der Waals surface area contributed by atoms with Gasteiger partial charge < -0.3 is 20.1 Å². The van der Waals surface area contributed by atoms with Crippen LogP contribution >= 0.6 is 57.5 Å². The molecule has 5 rings (SSSR count). The molecule has 0 spiro atoms. The molecule has 3 heterocycles. The Hall–Kier alpha value is -2.98. The monoisotopic (exact) mass is 590 g/mol. The maximum atomic E-state index is 12.4. The molecular weight excluding hydrogens is 573 g/mol. The molecule has 0 aliphatic rings. The average molecular weight is 591 g/mol. The van der Waals surface area contributed by atoms with E-state index in [1.54, 1.807) is 14.2 Å². The topological polar surface area (TPSA) is 128 Å². The number of aromatic nitrogens is 4. The van der Waals surface area contributed by atoms with E-state index in [2.05, 4.69) is 30.8 Å². The number of hydrogen-bond acceptors (Lipinski definition) is 13. The zero-order chi connectivity index (χ0) is 25.8. The largest absolute Gasteiger partial charge is 0.497 e. The van der Waals surface area contributed by atoms with E-state index in [0.717, 1.165) is 31.9 Å². The Kier molecular flexibility index (Phi) is 8.05. The summed E-state index contributed by atoms with van der Waals surface area (Å²) in [5.41, 5.74) is 1.60. The van der Waals surface area contributed by atoms with Crippen LogP contribution in [0.2, 0.25) is 0 Å². The van der Waals surface area contributed by atoms with E-state index in [1.165, 1.54) is 57.5 Å². The molecule has 10 nitrogen and oxygen atoms in total. The highest BCUT2D eigenvalue weighted by Gasteiger charge is 2.14. The lowest BCUT2D eigenvalue weighted by Crippen LogP contribution is -2.13. The van der Waals surface area contributed by atoms with Crippen LogP contribution < -0.4 is 20.1 Å². The minimum Gasteiger partial charge on any atom is -0.497 e. The number of carbonyl (C=O) groups is 2. The predicted octanol–water partition coefficient (Wildman–Crippen LogP) is 5.24. The van der Waals surface area contributed by atoms with Gasteiger partial charge in [-0.25, -0.2) is 9.97 Å². The molecule has 0 radical (unpaired) electrons. The lowest BCUT2D eigenvalue weighted by molar-refractivity contribution is -0.114. The average Bonchev–Trinajstić information content (AvgIpc) is 3.62. The lowest BCUT2D eigenvalue weighted by Gasteiger charge is -1.99. The third-order valence-corrected chi connectivity index (χ3v) is 9.78. The summed E-state index contributed by atoms with van der Waals surface area (Å²) in [4.78, 5) is 33.6. The number of nitrogens with zero attached hydrogens (tertiary/aromatic N) is 4. The van der Waals surface area contributed by atoms with Crippen LogP contribution in [0.25, 0.3) is 20.4 Å². The van der Waals surface area contributed by atoms with Gasteiger partial charge in [0.2, 0.25) is 11.8 Å². The van der Waals surface area contributed by atoms with Crippen LogP contribution in [-0.2, 0) is 9.59 Å². The van der Waals surface area contributed by atoms with Crippen molar-refractivity contribution in [2.75, 3.05) is 36.4 Å². The van der Waals surface area contributed by atoms with Crippen molar-refractivity contribution in [3.8, 4) is 11.5 Å². The number of methoxy groups -OCH3 is 2. The Morgan fingerprint density at radius 3 is 1.65 bits per heavy atom. The summed E-state index contributed by atoms with van der Waals surface area (Å²) in [6, 6.07) is 11.1. The zero-order valence-corrected chi connectivity index (χ0v) is 23.4. The van der Waals surface area contributed by atoms with Gasteiger partial charge in [0, 0.05) is 0 Å². The number of nitrogens with one attached hydrogen (secondary N) is 2. The van der Waals surface area contributed by atoms with Gasteiger partial charge in [0.25, 0.3) is 0 Å². The first-order chi connectivity index (χ1) is 18.0. The Morgan fingerprint density at radius 1 is 0.757 bits per heavy atom. The van der Waals surface area contributed by atoms with Gasteiger partial charge in [0.05, 0.1) is 46.2 Å². The number of amides is 2. The molecule has 0 saturated carbocycles. The first-order valence-corrected chi connectivity index (χ1v) is 15.0. The second-order valence-electron chi connectivity index (χ2n) is 7.21. The van der Waals surface area contributed by atoms with Crippen molar-refractivity contribution in [1.29, 1.82) is 0 Å². The SMILES string of the molecule is COc1ccc2nc(NC(=O)CSc3nnc(SCC(=O)Nc4nc5ccc(OC)cc5s4)s3)sc2c1. The fourth-order valence-corrected chi connectivity index (χ4v) is 7.49. The fraction of sp³-hybridized carbons (Fsp3) is 0.182. The van der Waals surface area contributed by atoms with Crippen molar-refractivity contribution in [2.45, 2.75) is 8.68 Å². The molecule has 190 valence electrons. The maximum absolute atomic E-state index is 12.4. The molecule has 0 fully saturated rings.